The molecule has 0 saturated carbocycles. The SMILES string of the molecule is CC(=O)SC[C@@H](C)C(=O)N1CCC[C@H]1C(=O)N[C@@H](Cc1ccccc1)C(=O)O.CCOC(=O)[C@H](CCc1ccccc1)N[C@@H](C)C(=O)N1C(=O)N(C)C[C@H]1C(=O)O.Cl. The number of imide groups is 1. The zero-order valence-electron chi connectivity index (χ0n) is 33.3. The van der Waals surface area contributed by atoms with Gasteiger partial charge in [-0.25, -0.2) is 19.3 Å². The van der Waals surface area contributed by atoms with Gasteiger partial charge in [0.05, 0.1) is 19.2 Å². The third-order valence-electron chi connectivity index (χ3n) is 9.46. The summed E-state index contributed by atoms with van der Waals surface area (Å²) in [6.07, 6.45) is 2.33. The number of urea groups is 1. The summed E-state index contributed by atoms with van der Waals surface area (Å²) in [7, 11) is 1.44. The Morgan fingerprint density at radius 1 is 0.897 bits per heavy atom. The lowest BCUT2D eigenvalue weighted by Crippen LogP contribution is -2.54. The van der Waals surface area contributed by atoms with E-state index in [4.69, 9.17) is 4.74 Å². The molecular weight excluding hydrogens is 794 g/mol. The molecule has 0 aromatic heterocycles. The Morgan fingerprint density at radius 3 is 2.05 bits per heavy atom. The summed E-state index contributed by atoms with van der Waals surface area (Å²) in [5.41, 5.74) is 1.84. The minimum absolute atomic E-state index is 0. The average Bonchev–Trinajstić information content (AvgIpc) is 3.80. The van der Waals surface area contributed by atoms with Gasteiger partial charge in [0.1, 0.15) is 18.1 Å². The van der Waals surface area contributed by atoms with Crippen LogP contribution in [0.5, 0.6) is 0 Å². The maximum absolute atomic E-state index is 12.8. The zero-order chi connectivity index (χ0) is 42.2. The molecular formula is C40H54ClN5O11S. The van der Waals surface area contributed by atoms with Gasteiger partial charge in [0, 0.05) is 38.6 Å². The number of likely N-dealkylation sites (N-methyl/N-ethyl adjacent to an activating group) is 1. The molecule has 0 spiro atoms. The van der Waals surface area contributed by atoms with Crippen LogP contribution in [0, 0.1) is 5.92 Å². The molecule has 4 N–H and O–H groups in total. The highest BCUT2D eigenvalue weighted by molar-refractivity contribution is 8.13. The van der Waals surface area contributed by atoms with Crippen LogP contribution < -0.4 is 10.6 Å². The second-order valence-electron chi connectivity index (χ2n) is 13.9. The van der Waals surface area contributed by atoms with Crippen molar-refractivity contribution in [2.45, 2.75) is 90.0 Å². The molecule has 0 unspecified atom stereocenters. The Hall–Kier alpha value is -5.00. The van der Waals surface area contributed by atoms with Crippen molar-refractivity contribution in [3.63, 3.8) is 0 Å². The molecule has 0 radical (unpaired) electrons. The van der Waals surface area contributed by atoms with E-state index in [0.717, 1.165) is 27.8 Å². The van der Waals surface area contributed by atoms with E-state index in [-0.39, 0.29) is 48.9 Å². The van der Waals surface area contributed by atoms with Crippen molar-refractivity contribution in [2.75, 3.05) is 32.5 Å². The number of nitrogens with zero attached hydrogens (tertiary/aromatic N) is 3. The van der Waals surface area contributed by atoms with E-state index in [2.05, 4.69) is 10.6 Å². The largest absolute Gasteiger partial charge is 0.480 e. The summed E-state index contributed by atoms with van der Waals surface area (Å²) in [4.78, 5) is 100. The second-order valence-corrected chi connectivity index (χ2v) is 15.1. The number of carbonyl (C=O) groups is 8. The van der Waals surface area contributed by atoms with Crippen molar-refractivity contribution in [1.29, 1.82) is 0 Å². The van der Waals surface area contributed by atoms with E-state index in [1.54, 1.807) is 13.8 Å². The van der Waals surface area contributed by atoms with Gasteiger partial charge >= 0.3 is 23.9 Å². The first kappa shape index (κ1) is 49.1. The summed E-state index contributed by atoms with van der Waals surface area (Å²) in [6.45, 7) is 6.96. The summed E-state index contributed by atoms with van der Waals surface area (Å²) in [6, 6.07) is 13.3. The molecule has 2 aromatic rings. The van der Waals surface area contributed by atoms with Crippen molar-refractivity contribution in [3.8, 4) is 0 Å². The molecule has 18 heteroatoms. The monoisotopic (exact) mass is 847 g/mol. The number of rotatable bonds is 17. The molecule has 2 fully saturated rings. The highest BCUT2D eigenvalue weighted by atomic mass is 35.5. The van der Waals surface area contributed by atoms with Gasteiger partial charge in [0.2, 0.25) is 17.7 Å². The number of aryl methyl sites for hydroxylation is 1. The van der Waals surface area contributed by atoms with Crippen molar-refractivity contribution in [1.82, 2.24) is 25.3 Å². The minimum atomic E-state index is -1.26. The molecule has 58 heavy (non-hydrogen) atoms. The Morgan fingerprint density at radius 2 is 1.50 bits per heavy atom. The smallest absolute Gasteiger partial charge is 0.328 e. The molecule has 2 heterocycles. The molecule has 4 rings (SSSR count). The first-order valence-electron chi connectivity index (χ1n) is 18.8. The number of thioether (sulfide) groups is 1. The number of aliphatic carboxylic acids is 2. The fourth-order valence-corrected chi connectivity index (χ4v) is 7.07. The Balaban J connectivity index is 0.000000394. The highest BCUT2D eigenvalue weighted by Gasteiger charge is 2.45. The van der Waals surface area contributed by atoms with Crippen LogP contribution >= 0.6 is 24.2 Å². The standard InChI is InChI=1S/C20H27N3O6.C20H26N2O5S.ClH/c1-4-29-19(27)15(11-10-14-8-6-5-7-9-14)21-13(2)17(24)23-16(18(25)26)12-22(3)20(23)28;1-13(12-28-14(2)23)19(25)22-10-6-9-17(22)18(24)21-16(20(26)27)11-15-7-4-3-5-8-15;/h5-9,13,15-16,21H,4,10-12H2,1-3H3,(H,25,26);3-5,7-8,13,16-17H,6,9-12H2,1-2H3,(H,21,24)(H,26,27);1H/t13-,15-,16-;13-,16+,17+;/m01./s1. The number of amides is 5. The number of carbonyl (C=O) groups excluding carboxylic acids is 6. The number of likely N-dealkylation sites (tertiary alicyclic amines) is 1. The fourth-order valence-electron chi connectivity index (χ4n) is 6.44. The molecule has 16 nitrogen and oxygen atoms in total. The fraction of sp³-hybridized carbons (Fsp3) is 0.500. The van der Waals surface area contributed by atoms with Crippen molar-refractivity contribution in [3.05, 3.63) is 71.8 Å². The van der Waals surface area contributed by atoms with Crippen LogP contribution in [0.3, 0.4) is 0 Å². The first-order chi connectivity index (χ1) is 27.0. The predicted molar refractivity (Wildman–Crippen MR) is 218 cm³/mol. The zero-order valence-corrected chi connectivity index (χ0v) is 35.0. The minimum Gasteiger partial charge on any atom is -0.480 e. The molecule has 5 amide bonds. The van der Waals surface area contributed by atoms with Crippen LogP contribution in [0.4, 0.5) is 4.79 Å². The van der Waals surface area contributed by atoms with Crippen molar-refractivity contribution in [2.24, 2.45) is 5.92 Å². The maximum atomic E-state index is 12.8. The van der Waals surface area contributed by atoms with Crippen molar-refractivity contribution < 1.29 is 53.3 Å². The van der Waals surface area contributed by atoms with E-state index in [1.807, 2.05) is 60.7 Å². The summed E-state index contributed by atoms with van der Waals surface area (Å²) >= 11 is 1.09. The number of hydrogen-bond acceptors (Lipinski definition) is 11. The number of ether oxygens (including phenoxy) is 1. The highest BCUT2D eigenvalue weighted by Crippen LogP contribution is 2.23. The van der Waals surface area contributed by atoms with Gasteiger partial charge in [0.15, 0.2) is 11.2 Å². The van der Waals surface area contributed by atoms with Gasteiger partial charge in [-0.2, -0.15) is 0 Å². The van der Waals surface area contributed by atoms with Gasteiger partial charge in [-0.3, -0.25) is 29.3 Å². The number of carboxylic acid groups (broad SMARTS) is 2. The molecule has 0 aliphatic carbocycles. The Kier molecular flexibility index (Phi) is 20.4. The quantitative estimate of drug-likeness (QED) is 0.169. The summed E-state index contributed by atoms with van der Waals surface area (Å²) in [5.74, 6) is -4.20. The molecule has 6 atom stereocenters. The Labute approximate surface area is 348 Å². The van der Waals surface area contributed by atoms with Gasteiger partial charge in [0.25, 0.3) is 0 Å². The van der Waals surface area contributed by atoms with Gasteiger partial charge in [-0.15, -0.1) is 12.4 Å². The maximum Gasteiger partial charge on any atom is 0.328 e. The van der Waals surface area contributed by atoms with Crippen LogP contribution in [0.2, 0.25) is 0 Å². The van der Waals surface area contributed by atoms with Crippen molar-refractivity contribution >= 4 is 70.9 Å². The van der Waals surface area contributed by atoms with Gasteiger partial charge in [-0.05, 0) is 50.7 Å². The lowest BCUT2D eigenvalue weighted by molar-refractivity contribution is -0.148. The molecule has 2 aromatic carbocycles. The van der Waals surface area contributed by atoms with E-state index in [0.29, 0.717) is 38.0 Å². The molecule has 2 aliphatic rings. The van der Waals surface area contributed by atoms with Crippen LogP contribution in [-0.4, -0.2) is 134 Å². The third kappa shape index (κ3) is 14.4. The number of benzene rings is 2. The first-order valence-corrected chi connectivity index (χ1v) is 19.8. The van der Waals surface area contributed by atoms with E-state index >= 15 is 0 Å². The number of halogens is 1. The molecule has 2 aliphatic heterocycles. The summed E-state index contributed by atoms with van der Waals surface area (Å²) in [5, 5.41) is 24.3. The normalized spacial score (nSPS) is 18.1. The van der Waals surface area contributed by atoms with E-state index in [9.17, 15) is 48.6 Å². The van der Waals surface area contributed by atoms with E-state index in [1.165, 1.54) is 30.7 Å². The van der Waals surface area contributed by atoms with Gasteiger partial charge in [-0.1, -0.05) is 79.3 Å². The van der Waals surface area contributed by atoms with Crippen LogP contribution in [0.15, 0.2) is 60.7 Å². The van der Waals surface area contributed by atoms with Gasteiger partial charge < -0.3 is 30.1 Å². The van der Waals surface area contributed by atoms with E-state index < -0.39 is 66.0 Å². The lowest BCUT2D eigenvalue weighted by atomic mass is 10.0. The number of esters is 1. The third-order valence-corrected chi connectivity index (χ3v) is 10.5. The molecule has 318 valence electrons. The predicted octanol–water partition coefficient (Wildman–Crippen LogP) is 3.00. The van der Waals surface area contributed by atoms with Crippen LogP contribution in [0.1, 0.15) is 58.1 Å². The number of carboxylic acids is 2. The number of hydrogen-bond donors (Lipinski definition) is 4. The topological polar surface area (TPSA) is 220 Å². The number of nitrogens with one attached hydrogen (secondary N) is 2. The van der Waals surface area contributed by atoms with Crippen LogP contribution in [-0.2, 0) is 51.1 Å². The van der Waals surface area contributed by atoms with Crippen LogP contribution in [0.25, 0.3) is 0 Å². The lowest BCUT2D eigenvalue weighted by Gasteiger charge is -2.27. The molecule has 2 saturated heterocycles. The molecule has 0 bridgehead atoms. The average molecular weight is 848 g/mol. The Bertz CT molecular complexity index is 1740. The second kappa shape index (κ2) is 24.0. The summed E-state index contributed by atoms with van der Waals surface area (Å²) < 4.78 is 5.10.